The molecule has 1 unspecified atom stereocenters. The van der Waals surface area contributed by atoms with E-state index < -0.39 is 31.4 Å². The number of aryl methyl sites for hydroxylation is 1. The summed E-state index contributed by atoms with van der Waals surface area (Å²) in [5, 5.41) is 0. The zero-order valence-corrected chi connectivity index (χ0v) is 17.7. The summed E-state index contributed by atoms with van der Waals surface area (Å²) in [5.74, 6) is 0. The Morgan fingerprint density at radius 3 is 2.80 bits per heavy atom. The molecule has 1 saturated heterocycles. The third kappa shape index (κ3) is 6.77. The molecule has 2 N–H and O–H groups in total. The predicted molar refractivity (Wildman–Crippen MR) is 91.6 cm³/mol. The molecule has 1 aliphatic rings. The van der Waals surface area contributed by atoms with Gasteiger partial charge in [-0.2, -0.15) is 0 Å². The van der Waals surface area contributed by atoms with E-state index in [4.69, 9.17) is 13.8 Å². The van der Waals surface area contributed by atoms with Gasteiger partial charge in [-0.25, -0.2) is 9.36 Å². The van der Waals surface area contributed by atoms with Gasteiger partial charge in [0.1, 0.15) is 6.23 Å². The number of phosphoric acid groups is 1. The summed E-state index contributed by atoms with van der Waals surface area (Å²) in [7, 11) is -4.09. The molecule has 0 aliphatic carbocycles. The first kappa shape index (κ1) is 22.8. The molecule has 137 valence electrons. The van der Waals surface area contributed by atoms with Crippen LogP contribution in [0.4, 0.5) is 0 Å². The average Bonchev–Trinajstić information content (AvgIpc) is 2.98. The van der Waals surface area contributed by atoms with Crippen LogP contribution in [0.5, 0.6) is 0 Å². The number of hydrogen-bond donors (Lipinski definition) is 2. The first-order valence-electron chi connectivity index (χ1n) is 7.92. The van der Waals surface area contributed by atoms with Crippen molar-refractivity contribution in [3.05, 3.63) is 32.6 Å². The summed E-state index contributed by atoms with van der Waals surface area (Å²) < 4.78 is 28.4. The maximum absolute atomic E-state index is 11.8. The second-order valence-electron chi connectivity index (χ2n) is 5.72. The molecule has 1 radical (unpaired) electrons. The molecule has 3 atom stereocenters. The summed E-state index contributed by atoms with van der Waals surface area (Å²) in [6.07, 6.45) is 3.09. The summed E-state index contributed by atoms with van der Waals surface area (Å²) in [6.45, 7) is 3.59. The molecule has 2 rings (SSSR count). The van der Waals surface area contributed by atoms with Crippen LogP contribution in [0.1, 0.15) is 44.4 Å². The number of phosphoric ester groups is 1. The number of hydrogen-bond acceptors (Lipinski definition) is 6. The van der Waals surface area contributed by atoms with E-state index >= 15 is 0 Å². The van der Waals surface area contributed by atoms with Gasteiger partial charge in [-0.05, 0) is 26.2 Å². The predicted octanol–water partition coefficient (Wildman–Crippen LogP) is 1.08. The summed E-state index contributed by atoms with van der Waals surface area (Å²) in [6, 6.07) is 0. The number of nitrogens with one attached hydrogen (secondary N) is 1. The topological polar surface area (TPSA) is 120 Å². The van der Waals surface area contributed by atoms with Crippen LogP contribution in [0.15, 0.2) is 15.8 Å². The molecule has 1 aromatic rings. The second-order valence-corrected chi connectivity index (χ2v) is 7.17. The molecule has 0 spiro atoms. The van der Waals surface area contributed by atoms with Gasteiger partial charge in [-0.15, -0.1) is 0 Å². The number of ether oxygens (including phenoxy) is 1. The van der Waals surface area contributed by atoms with Crippen LogP contribution in [0.25, 0.3) is 0 Å². The Bertz CT molecular complexity index is 720. The number of aromatic amines is 1. The number of aromatic nitrogens is 2. The van der Waals surface area contributed by atoms with Crippen molar-refractivity contribution in [2.75, 3.05) is 13.2 Å². The van der Waals surface area contributed by atoms with E-state index in [0.29, 0.717) is 24.8 Å². The SMILES string of the molecule is CCCCOP(=O)(O)OC[C@H]1CC[C@H](n2cc(C)c(=O)[nH]c2=O)O1.[Na]. The summed E-state index contributed by atoms with van der Waals surface area (Å²) in [4.78, 5) is 35.0. The van der Waals surface area contributed by atoms with Crippen LogP contribution in [0.3, 0.4) is 0 Å². The van der Waals surface area contributed by atoms with Gasteiger partial charge in [0.15, 0.2) is 0 Å². The number of nitrogens with zero attached hydrogens (tertiary/aromatic N) is 1. The van der Waals surface area contributed by atoms with Crippen molar-refractivity contribution in [1.82, 2.24) is 9.55 Å². The van der Waals surface area contributed by atoms with Crippen molar-refractivity contribution in [1.29, 1.82) is 0 Å². The van der Waals surface area contributed by atoms with Crippen molar-refractivity contribution in [2.45, 2.75) is 51.9 Å². The minimum atomic E-state index is -4.09. The normalized spacial score (nSPS) is 22.4. The Kier molecular flexibility index (Phi) is 9.28. The second kappa shape index (κ2) is 10.2. The fourth-order valence-electron chi connectivity index (χ4n) is 2.35. The van der Waals surface area contributed by atoms with Crippen LogP contribution < -0.4 is 11.2 Å². The van der Waals surface area contributed by atoms with Crippen LogP contribution in [-0.4, -0.2) is 63.3 Å². The van der Waals surface area contributed by atoms with Crippen molar-refractivity contribution >= 4 is 37.4 Å². The minimum absolute atomic E-state index is 0. The molecule has 25 heavy (non-hydrogen) atoms. The Morgan fingerprint density at radius 2 is 2.12 bits per heavy atom. The van der Waals surface area contributed by atoms with Gasteiger partial charge >= 0.3 is 13.5 Å². The van der Waals surface area contributed by atoms with E-state index in [0.717, 1.165) is 6.42 Å². The van der Waals surface area contributed by atoms with E-state index in [1.54, 1.807) is 6.92 Å². The van der Waals surface area contributed by atoms with Gasteiger partial charge in [0.2, 0.25) is 0 Å². The molecule has 0 aromatic carbocycles. The monoisotopic (exact) mass is 385 g/mol. The maximum atomic E-state index is 11.8. The van der Waals surface area contributed by atoms with Gasteiger partial charge in [-0.3, -0.25) is 23.4 Å². The van der Waals surface area contributed by atoms with E-state index in [1.807, 2.05) is 6.92 Å². The Balaban J connectivity index is 0.00000312. The van der Waals surface area contributed by atoms with Crippen molar-refractivity contribution in [3.63, 3.8) is 0 Å². The molecule has 1 aromatic heterocycles. The summed E-state index contributed by atoms with van der Waals surface area (Å²) >= 11 is 0. The Morgan fingerprint density at radius 1 is 1.40 bits per heavy atom. The number of H-pyrrole nitrogens is 1. The zero-order chi connectivity index (χ0) is 17.7. The first-order chi connectivity index (χ1) is 11.3. The third-order valence-electron chi connectivity index (χ3n) is 3.72. The van der Waals surface area contributed by atoms with Crippen molar-refractivity contribution in [3.8, 4) is 0 Å². The summed E-state index contributed by atoms with van der Waals surface area (Å²) in [5.41, 5.74) is -0.574. The molecule has 1 aliphatic heterocycles. The molecule has 0 amide bonds. The smallest absolute Gasteiger partial charge is 0.352 e. The molecule has 0 saturated carbocycles. The Hall–Kier alpha value is -0.250. The number of unbranched alkanes of at least 4 members (excludes halogenated alkanes) is 1. The molecule has 11 heteroatoms. The molecule has 2 heterocycles. The molecule has 9 nitrogen and oxygen atoms in total. The van der Waals surface area contributed by atoms with E-state index in [1.165, 1.54) is 10.8 Å². The quantitative estimate of drug-likeness (QED) is 0.390. The fourth-order valence-corrected chi connectivity index (χ4v) is 3.14. The number of rotatable bonds is 8. The molecule has 0 bridgehead atoms. The average molecular weight is 385 g/mol. The largest absolute Gasteiger partial charge is 0.472 e. The molecular formula is C14H23N2NaO7P. The zero-order valence-electron chi connectivity index (χ0n) is 14.8. The first-order valence-corrected chi connectivity index (χ1v) is 9.41. The van der Waals surface area contributed by atoms with E-state index in [2.05, 4.69) is 4.98 Å². The fraction of sp³-hybridized carbons (Fsp3) is 0.714. The van der Waals surface area contributed by atoms with Crippen molar-refractivity contribution in [2.24, 2.45) is 0 Å². The van der Waals surface area contributed by atoms with E-state index in [9.17, 15) is 19.0 Å². The molecular weight excluding hydrogens is 362 g/mol. The minimum Gasteiger partial charge on any atom is -0.352 e. The van der Waals surface area contributed by atoms with Crippen LogP contribution in [0, 0.1) is 6.92 Å². The van der Waals surface area contributed by atoms with E-state index in [-0.39, 0.29) is 42.8 Å². The standard InChI is InChI=1S/C14H23N2O7P.Na/c1-3-4-7-21-24(19,20)22-9-11-5-6-12(23-11)16-8-10(2)13(17)15-14(16)18;/h8,11-12H,3-7,9H2,1-2H3,(H,19,20)(H,15,17,18);/t11-,12-;/m1./s1. The Labute approximate surface area is 167 Å². The third-order valence-corrected chi connectivity index (χ3v) is 4.70. The van der Waals surface area contributed by atoms with Gasteiger partial charge in [0.05, 0.1) is 19.3 Å². The van der Waals surface area contributed by atoms with Gasteiger partial charge in [0, 0.05) is 41.3 Å². The molecule has 1 fully saturated rings. The van der Waals surface area contributed by atoms with Crippen LogP contribution >= 0.6 is 7.82 Å². The maximum Gasteiger partial charge on any atom is 0.472 e. The van der Waals surface area contributed by atoms with Crippen LogP contribution in [-0.2, 0) is 18.3 Å². The van der Waals surface area contributed by atoms with Crippen LogP contribution in [0.2, 0.25) is 0 Å². The van der Waals surface area contributed by atoms with Gasteiger partial charge < -0.3 is 9.63 Å². The van der Waals surface area contributed by atoms with Crippen molar-refractivity contribution < 1.29 is 23.2 Å². The van der Waals surface area contributed by atoms with Gasteiger partial charge in [-0.1, -0.05) is 13.3 Å². The van der Waals surface area contributed by atoms with Gasteiger partial charge in [0.25, 0.3) is 5.56 Å².